The van der Waals surface area contributed by atoms with Gasteiger partial charge in [-0.2, -0.15) is 5.10 Å². The molecule has 28 heavy (non-hydrogen) atoms. The third-order valence-electron chi connectivity index (χ3n) is 5.97. The molecule has 7 nitrogen and oxygen atoms in total. The van der Waals surface area contributed by atoms with Gasteiger partial charge in [-0.25, -0.2) is 0 Å². The van der Waals surface area contributed by atoms with Gasteiger partial charge in [0.05, 0.1) is 29.1 Å². The molecule has 3 aromatic rings. The van der Waals surface area contributed by atoms with Crippen molar-refractivity contribution >= 4 is 34.1 Å². The van der Waals surface area contributed by atoms with E-state index in [9.17, 15) is 4.79 Å². The zero-order chi connectivity index (χ0) is 19.3. The maximum absolute atomic E-state index is 12.2. The molecule has 2 aliphatic heterocycles. The van der Waals surface area contributed by atoms with Crippen LogP contribution in [0.3, 0.4) is 0 Å². The van der Waals surface area contributed by atoms with E-state index in [1.165, 1.54) is 0 Å². The lowest BCUT2D eigenvalue weighted by Crippen LogP contribution is -2.54. The first kappa shape index (κ1) is 17.5. The Morgan fingerprint density at radius 2 is 2.00 bits per heavy atom. The zero-order valence-electron chi connectivity index (χ0n) is 15.6. The molecule has 0 atom stereocenters. The van der Waals surface area contributed by atoms with E-state index in [0.717, 1.165) is 53.6 Å². The lowest BCUT2D eigenvalue weighted by atomic mass is 9.87. The molecule has 8 heteroatoms. The van der Waals surface area contributed by atoms with Gasteiger partial charge in [0.2, 0.25) is 5.91 Å². The number of carbonyl (C=O) groups is 1. The van der Waals surface area contributed by atoms with Crippen LogP contribution in [-0.2, 0) is 11.8 Å². The Labute approximate surface area is 167 Å². The van der Waals surface area contributed by atoms with Crippen molar-refractivity contribution in [2.75, 3.05) is 24.7 Å². The average Bonchev–Trinajstić information content (AvgIpc) is 3.25. The molecule has 1 amide bonds. The molecule has 144 valence electrons. The number of pyridine rings is 1. The number of aryl methyl sites for hydroxylation is 1. The molecule has 0 saturated carbocycles. The van der Waals surface area contributed by atoms with Crippen molar-refractivity contribution in [1.82, 2.24) is 25.4 Å². The maximum atomic E-state index is 12.2. The highest BCUT2D eigenvalue weighted by molar-refractivity contribution is 6.33. The van der Waals surface area contributed by atoms with Crippen LogP contribution in [0.4, 0.5) is 5.69 Å². The molecule has 2 saturated heterocycles. The fourth-order valence-electron chi connectivity index (χ4n) is 4.35. The van der Waals surface area contributed by atoms with Gasteiger partial charge in [0.1, 0.15) is 5.54 Å². The van der Waals surface area contributed by atoms with Crippen LogP contribution in [0.5, 0.6) is 0 Å². The number of nitrogens with one attached hydrogen (secondary N) is 2. The molecule has 0 radical (unpaired) electrons. The van der Waals surface area contributed by atoms with Crippen molar-refractivity contribution < 1.29 is 4.79 Å². The number of carbonyl (C=O) groups excluding carboxylic acids is 1. The van der Waals surface area contributed by atoms with Crippen LogP contribution >= 0.6 is 11.6 Å². The van der Waals surface area contributed by atoms with E-state index >= 15 is 0 Å². The number of halogens is 1. The number of piperidine rings is 1. The molecule has 2 aromatic heterocycles. The third-order valence-corrected chi connectivity index (χ3v) is 6.25. The van der Waals surface area contributed by atoms with E-state index in [1.807, 2.05) is 24.1 Å². The molecular formula is C20H21ClN6O. The summed E-state index contributed by atoms with van der Waals surface area (Å²) in [4.78, 5) is 18.8. The van der Waals surface area contributed by atoms with Crippen molar-refractivity contribution in [3.8, 4) is 11.1 Å². The average molecular weight is 397 g/mol. The summed E-state index contributed by atoms with van der Waals surface area (Å²) < 4.78 is 1.86. The third kappa shape index (κ3) is 2.65. The quantitative estimate of drug-likeness (QED) is 0.695. The van der Waals surface area contributed by atoms with Gasteiger partial charge in [-0.15, -0.1) is 0 Å². The number of amides is 1. The Morgan fingerprint density at radius 1 is 1.18 bits per heavy atom. The lowest BCUT2D eigenvalue weighted by Gasteiger charge is -2.39. The van der Waals surface area contributed by atoms with E-state index in [4.69, 9.17) is 11.6 Å². The second kappa shape index (κ2) is 6.46. The van der Waals surface area contributed by atoms with E-state index < -0.39 is 5.54 Å². The van der Waals surface area contributed by atoms with Crippen molar-refractivity contribution in [2.45, 2.75) is 18.4 Å². The fraction of sp³-hybridized carbons (Fsp3) is 0.350. The Hall–Kier alpha value is -2.64. The predicted molar refractivity (Wildman–Crippen MR) is 109 cm³/mol. The second-order valence-electron chi connectivity index (χ2n) is 7.49. The molecular weight excluding hydrogens is 376 g/mol. The normalized spacial score (nSPS) is 18.8. The first-order valence-electron chi connectivity index (χ1n) is 9.41. The summed E-state index contributed by atoms with van der Waals surface area (Å²) in [7, 11) is 1.94. The van der Waals surface area contributed by atoms with Crippen molar-refractivity contribution in [1.29, 1.82) is 0 Å². The van der Waals surface area contributed by atoms with Crippen LogP contribution in [0.25, 0.3) is 22.0 Å². The van der Waals surface area contributed by atoms with Gasteiger partial charge >= 0.3 is 0 Å². The smallest absolute Gasteiger partial charge is 0.241 e. The number of hydrogen-bond acceptors (Lipinski definition) is 5. The minimum atomic E-state index is -0.440. The fourth-order valence-corrected chi connectivity index (χ4v) is 4.63. The van der Waals surface area contributed by atoms with Crippen LogP contribution in [0.2, 0.25) is 5.02 Å². The molecule has 0 unspecified atom stereocenters. The van der Waals surface area contributed by atoms with Gasteiger partial charge in [-0.05, 0) is 30.5 Å². The highest BCUT2D eigenvalue weighted by atomic mass is 35.5. The summed E-state index contributed by atoms with van der Waals surface area (Å²) >= 11 is 6.60. The summed E-state index contributed by atoms with van der Waals surface area (Å²) in [6, 6.07) is 6.27. The largest absolute Gasteiger partial charge is 0.370 e. The number of benzene rings is 1. The van der Waals surface area contributed by atoms with E-state index in [2.05, 4.69) is 43.8 Å². The Bertz CT molecular complexity index is 1070. The first-order valence-corrected chi connectivity index (χ1v) is 9.79. The van der Waals surface area contributed by atoms with Gasteiger partial charge in [-0.3, -0.25) is 19.8 Å². The number of nitrogens with zero attached hydrogens (tertiary/aromatic N) is 4. The van der Waals surface area contributed by atoms with Crippen LogP contribution in [0.1, 0.15) is 12.8 Å². The molecule has 2 N–H and O–H groups in total. The summed E-state index contributed by atoms with van der Waals surface area (Å²) in [6.07, 6.45) is 6.92. The van der Waals surface area contributed by atoms with Crippen LogP contribution in [-0.4, -0.2) is 46.0 Å². The topological polar surface area (TPSA) is 75.1 Å². The molecule has 2 fully saturated rings. The monoisotopic (exact) mass is 396 g/mol. The Morgan fingerprint density at radius 3 is 2.75 bits per heavy atom. The number of hydrogen-bond donors (Lipinski definition) is 2. The van der Waals surface area contributed by atoms with Crippen LogP contribution < -0.4 is 15.5 Å². The van der Waals surface area contributed by atoms with Gasteiger partial charge < -0.3 is 10.2 Å². The molecule has 5 rings (SSSR count). The lowest BCUT2D eigenvalue weighted by molar-refractivity contribution is -0.124. The van der Waals surface area contributed by atoms with Crippen molar-refractivity contribution in [3.63, 3.8) is 0 Å². The molecule has 2 aliphatic rings. The highest BCUT2D eigenvalue weighted by Gasteiger charge is 2.44. The molecule has 1 aromatic carbocycles. The standard InChI is InChI=1S/C20H21ClN6O/c1-26-17-3-2-13(8-14(17)9-25-26)15-10-22-11-16(21)18(15)27-6-4-20(5-7-27)19(28)23-12-24-20/h2-3,8-11,24H,4-7,12H2,1H3,(H,23,28). The minimum Gasteiger partial charge on any atom is -0.370 e. The molecule has 1 spiro atoms. The van der Waals surface area contributed by atoms with Crippen LogP contribution in [0.15, 0.2) is 36.8 Å². The molecule has 0 bridgehead atoms. The maximum Gasteiger partial charge on any atom is 0.241 e. The Balaban J connectivity index is 1.51. The van der Waals surface area contributed by atoms with Crippen molar-refractivity contribution in [2.24, 2.45) is 7.05 Å². The van der Waals surface area contributed by atoms with Gasteiger partial charge in [0.15, 0.2) is 0 Å². The number of anilines is 1. The number of aromatic nitrogens is 3. The summed E-state index contributed by atoms with van der Waals surface area (Å²) in [5.41, 5.74) is 3.68. The van der Waals surface area contributed by atoms with E-state index in [1.54, 1.807) is 6.20 Å². The summed E-state index contributed by atoms with van der Waals surface area (Å²) in [6.45, 7) is 2.06. The van der Waals surface area contributed by atoms with E-state index in [0.29, 0.717) is 11.7 Å². The van der Waals surface area contributed by atoms with E-state index in [-0.39, 0.29) is 5.91 Å². The second-order valence-corrected chi connectivity index (χ2v) is 7.90. The van der Waals surface area contributed by atoms with Crippen LogP contribution in [0, 0.1) is 0 Å². The summed E-state index contributed by atoms with van der Waals surface area (Å²) in [5.74, 6) is 0.107. The molecule has 0 aliphatic carbocycles. The predicted octanol–water partition coefficient (Wildman–Crippen LogP) is 2.30. The number of rotatable bonds is 2. The molecule has 4 heterocycles. The minimum absolute atomic E-state index is 0.107. The highest BCUT2D eigenvalue weighted by Crippen LogP contribution is 2.39. The Kier molecular flexibility index (Phi) is 4.03. The zero-order valence-corrected chi connectivity index (χ0v) is 16.3. The number of fused-ring (bicyclic) bond motifs is 1. The SMILES string of the molecule is Cn1ncc2cc(-c3cncc(Cl)c3N3CCC4(CC3)NCNC4=O)ccc21. The van der Waals surface area contributed by atoms with Gasteiger partial charge in [0, 0.05) is 43.5 Å². The van der Waals surface area contributed by atoms with Gasteiger partial charge in [-0.1, -0.05) is 17.7 Å². The summed E-state index contributed by atoms with van der Waals surface area (Å²) in [5, 5.41) is 12.3. The first-order chi connectivity index (χ1) is 13.6. The van der Waals surface area contributed by atoms with Gasteiger partial charge in [0.25, 0.3) is 0 Å². The van der Waals surface area contributed by atoms with Crippen molar-refractivity contribution in [3.05, 3.63) is 41.8 Å².